The summed E-state index contributed by atoms with van der Waals surface area (Å²) < 4.78 is 0. The second-order valence-electron chi connectivity index (χ2n) is 3.32. The van der Waals surface area contributed by atoms with Crippen molar-refractivity contribution in [3.63, 3.8) is 0 Å². The van der Waals surface area contributed by atoms with Gasteiger partial charge in [0.25, 0.3) is 0 Å². The number of nitrogens with one attached hydrogen (secondary N) is 3. The molecule has 1 saturated carbocycles. The normalized spacial score (nSPS) is 15.4. The van der Waals surface area contributed by atoms with Crippen LogP contribution in [0.25, 0.3) is 0 Å². The van der Waals surface area contributed by atoms with Crippen LogP contribution in [0.3, 0.4) is 0 Å². The lowest BCUT2D eigenvalue weighted by Gasteiger charge is -2.07. The van der Waals surface area contributed by atoms with Crippen LogP contribution in [0.15, 0.2) is 18.5 Å². The van der Waals surface area contributed by atoms with Gasteiger partial charge in [-0.1, -0.05) is 0 Å². The van der Waals surface area contributed by atoms with Crippen molar-refractivity contribution in [2.75, 3.05) is 0 Å². The molecule has 1 aliphatic rings. The quantitative estimate of drug-likeness (QED) is 0.633. The van der Waals surface area contributed by atoms with E-state index < -0.39 is 0 Å². The Balaban J connectivity index is 1.69. The first-order chi connectivity index (χ1) is 6.34. The molecule has 1 aliphatic carbocycles. The van der Waals surface area contributed by atoms with Gasteiger partial charge in [-0.2, -0.15) is 0 Å². The predicted octanol–water partition coefficient (Wildman–Crippen LogP) is 1.14. The Kier molecular flexibility index (Phi) is 2.49. The van der Waals surface area contributed by atoms with Crippen molar-refractivity contribution >= 4 is 17.3 Å². The summed E-state index contributed by atoms with van der Waals surface area (Å²) in [6.45, 7) is 0.794. The van der Waals surface area contributed by atoms with Gasteiger partial charge in [-0.3, -0.25) is 0 Å². The highest BCUT2D eigenvalue weighted by atomic mass is 32.1. The highest BCUT2D eigenvalue weighted by Crippen LogP contribution is 2.18. The predicted molar refractivity (Wildman–Crippen MR) is 56.4 cm³/mol. The van der Waals surface area contributed by atoms with E-state index in [0.29, 0.717) is 6.04 Å². The van der Waals surface area contributed by atoms with Gasteiger partial charge < -0.3 is 15.6 Å². The molecule has 0 aliphatic heterocycles. The third-order valence-corrected chi connectivity index (χ3v) is 2.29. The minimum Gasteiger partial charge on any atom is -0.367 e. The average molecular weight is 195 g/mol. The van der Waals surface area contributed by atoms with E-state index in [-0.39, 0.29) is 0 Å². The Bertz CT molecular complexity index is 277. The molecular formula is C9H13N3S. The second kappa shape index (κ2) is 3.79. The summed E-state index contributed by atoms with van der Waals surface area (Å²) in [5.41, 5.74) is 1.22. The zero-order chi connectivity index (χ0) is 9.10. The highest BCUT2D eigenvalue weighted by Gasteiger charge is 2.21. The fraction of sp³-hybridized carbons (Fsp3) is 0.444. The Morgan fingerprint density at radius 3 is 3.08 bits per heavy atom. The van der Waals surface area contributed by atoms with E-state index in [1.54, 1.807) is 0 Å². The van der Waals surface area contributed by atoms with Crippen LogP contribution in [0, 0.1) is 0 Å². The molecule has 2 rings (SSSR count). The SMILES string of the molecule is S=C(NCc1cc[nH]c1)NC1CC1. The molecule has 0 spiro atoms. The number of hydrogen-bond donors (Lipinski definition) is 3. The van der Waals surface area contributed by atoms with Crippen molar-refractivity contribution in [1.29, 1.82) is 0 Å². The van der Waals surface area contributed by atoms with Gasteiger partial charge in [0.1, 0.15) is 0 Å². The zero-order valence-electron chi connectivity index (χ0n) is 7.34. The van der Waals surface area contributed by atoms with E-state index in [4.69, 9.17) is 12.2 Å². The Morgan fingerprint density at radius 2 is 2.46 bits per heavy atom. The van der Waals surface area contributed by atoms with Gasteiger partial charge in [-0.15, -0.1) is 0 Å². The van der Waals surface area contributed by atoms with Crippen LogP contribution in [0.5, 0.6) is 0 Å². The summed E-state index contributed by atoms with van der Waals surface area (Å²) in [6, 6.07) is 2.67. The number of hydrogen-bond acceptors (Lipinski definition) is 1. The maximum absolute atomic E-state index is 5.11. The third kappa shape index (κ3) is 2.73. The van der Waals surface area contributed by atoms with Crippen molar-refractivity contribution in [2.24, 2.45) is 0 Å². The summed E-state index contributed by atoms with van der Waals surface area (Å²) in [7, 11) is 0. The maximum Gasteiger partial charge on any atom is 0.166 e. The molecule has 0 radical (unpaired) electrons. The van der Waals surface area contributed by atoms with Gasteiger partial charge in [-0.25, -0.2) is 0 Å². The molecule has 0 atom stereocenters. The summed E-state index contributed by atoms with van der Waals surface area (Å²) in [4.78, 5) is 3.00. The standard InChI is InChI=1S/C9H13N3S/c13-9(12-8-1-2-8)11-6-7-3-4-10-5-7/h3-5,8,10H,1-2,6H2,(H2,11,12,13). The summed E-state index contributed by atoms with van der Waals surface area (Å²) in [6.07, 6.45) is 6.39. The van der Waals surface area contributed by atoms with Gasteiger partial charge in [0.05, 0.1) is 0 Å². The summed E-state index contributed by atoms with van der Waals surface area (Å²) in [5.74, 6) is 0. The number of aromatic amines is 1. The molecule has 1 aromatic heterocycles. The largest absolute Gasteiger partial charge is 0.367 e. The Labute approximate surface area is 82.9 Å². The fourth-order valence-corrected chi connectivity index (χ4v) is 1.35. The molecule has 3 N–H and O–H groups in total. The molecule has 3 nitrogen and oxygen atoms in total. The first kappa shape index (κ1) is 8.56. The minimum atomic E-state index is 0.631. The third-order valence-electron chi connectivity index (χ3n) is 2.03. The van der Waals surface area contributed by atoms with E-state index in [1.165, 1.54) is 18.4 Å². The van der Waals surface area contributed by atoms with Crippen LogP contribution in [-0.2, 0) is 6.54 Å². The fourth-order valence-electron chi connectivity index (χ4n) is 1.11. The Morgan fingerprint density at radius 1 is 1.62 bits per heavy atom. The smallest absolute Gasteiger partial charge is 0.166 e. The lowest BCUT2D eigenvalue weighted by atomic mass is 10.3. The van der Waals surface area contributed by atoms with Crippen LogP contribution in [0.4, 0.5) is 0 Å². The van der Waals surface area contributed by atoms with E-state index >= 15 is 0 Å². The Hall–Kier alpha value is -1.03. The maximum atomic E-state index is 5.11. The van der Waals surface area contributed by atoms with Crippen LogP contribution in [0.2, 0.25) is 0 Å². The molecule has 1 fully saturated rings. The lowest BCUT2D eigenvalue weighted by molar-refractivity contribution is 0.830. The number of aromatic nitrogens is 1. The number of rotatable bonds is 3. The molecule has 0 unspecified atom stereocenters. The minimum absolute atomic E-state index is 0.631. The second-order valence-corrected chi connectivity index (χ2v) is 3.73. The van der Waals surface area contributed by atoms with Gasteiger partial charge in [0, 0.05) is 25.0 Å². The molecule has 0 bridgehead atoms. The monoisotopic (exact) mass is 195 g/mol. The van der Waals surface area contributed by atoms with Crippen molar-refractivity contribution in [2.45, 2.75) is 25.4 Å². The van der Waals surface area contributed by atoms with Gasteiger partial charge in [-0.05, 0) is 36.7 Å². The van der Waals surface area contributed by atoms with E-state index in [2.05, 4.69) is 15.6 Å². The van der Waals surface area contributed by atoms with Crippen molar-refractivity contribution in [1.82, 2.24) is 15.6 Å². The highest BCUT2D eigenvalue weighted by molar-refractivity contribution is 7.80. The van der Waals surface area contributed by atoms with Crippen molar-refractivity contribution < 1.29 is 0 Å². The number of thiocarbonyl (C=S) groups is 1. The van der Waals surface area contributed by atoms with Crippen molar-refractivity contribution in [3.05, 3.63) is 24.0 Å². The molecule has 0 saturated heterocycles. The van der Waals surface area contributed by atoms with E-state index in [1.807, 2.05) is 18.5 Å². The first-order valence-corrected chi connectivity index (χ1v) is 4.91. The molecule has 70 valence electrons. The average Bonchev–Trinajstić information content (AvgIpc) is 2.78. The molecule has 0 amide bonds. The molecule has 0 aromatic carbocycles. The molecule has 1 heterocycles. The molecule has 13 heavy (non-hydrogen) atoms. The molecule has 4 heteroatoms. The van der Waals surface area contributed by atoms with Gasteiger partial charge in [0.2, 0.25) is 0 Å². The molecule has 1 aromatic rings. The molecular weight excluding hydrogens is 182 g/mol. The van der Waals surface area contributed by atoms with Crippen LogP contribution >= 0.6 is 12.2 Å². The lowest BCUT2D eigenvalue weighted by Crippen LogP contribution is -2.35. The van der Waals surface area contributed by atoms with Crippen LogP contribution in [0.1, 0.15) is 18.4 Å². The van der Waals surface area contributed by atoms with Gasteiger partial charge in [0.15, 0.2) is 5.11 Å². The summed E-state index contributed by atoms with van der Waals surface area (Å²) >= 11 is 5.11. The zero-order valence-corrected chi connectivity index (χ0v) is 8.16. The van der Waals surface area contributed by atoms with Gasteiger partial charge >= 0.3 is 0 Å². The van der Waals surface area contributed by atoms with E-state index in [0.717, 1.165) is 11.7 Å². The summed E-state index contributed by atoms with van der Waals surface area (Å²) in [5, 5.41) is 7.15. The van der Waals surface area contributed by atoms with Crippen molar-refractivity contribution in [3.8, 4) is 0 Å². The first-order valence-electron chi connectivity index (χ1n) is 4.50. The topological polar surface area (TPSA) is 39.9 Å². The van der Waals surface area contributed by atoms with E-state index in [9.17, 15) is 0 Å². The van der Waals surface area contributed by atoms with Crippen LogP contribution < -0.4 is 10.6 Å². The number of H-pyrrole nitrogens is 1. The van der Waals surface area contributed by atoms with Crippen LogP contribution in [-0.4, -0.2) is 16.1 Å².